The molecule has 0 amide bonds. The van der Waals surface area contributed by atoms with Gasteiger partial charge in [-0.3, -0.25) is 4.31 Å². The summed E-state index contributed by atoms with van der Waals surface area (Å²) < 4.78 is 40.6. The van der Waals surface area contributed by atoms with E-state index in [1.165, 1.54) is 32.9 Å². The average Bonchev–Trinajstić information content (AvgIpc) is 2.38. The van der Waals surface area contributed by atoms with E-state index in [9.17, 15) is 12.8 Å². The zero-order valence-electron chi connectivity index (χ0n) is 10.8. The van der Waals surface area contributed by atoms with Crippen LogP contribution in [0.1, 0.15) is 6.42 Å². The standard InChI is InChI=1S/C12H18FN3O2S/c1-14-7-10-15-8-2-9-16(19(15,17)18)12-5-3-11(13)4-6-12/h3-6,14H,2,7-10H2,1H3. The van der Waals surface area contributed by atoms with Gasteiger partial charge in [-0.1, -0.05) is 0 Å². The van der Waals surface area contributed by atoms with Crippen molar-refractivity contribution in [3.05, 3.63) is 30.1 Å². The van der Waals surface area contributed by atoms with Crippen LogP contribution in [0.25, 0.3) is 0 Å². The first-order valence-corrected chi connectivity index (χ1v) is 7.63. The molecule has 5 nitrogen and oxygen atoms in total. The monoisotopic (exact) mass is 287 g/mol. The van der Waals surface area contributed by atoms with E-state index in [1.54, 1.807) is 7.05 Å². The van der Waals surface area contributed by atoms with Gasteiger partial charge in [0, 0.05) is 26.2 Å². The molecule has 0 aromatic heterocycles. The molecule has 1 heterocycles. The molecule has 1 aromatic carbocycles. The SMILES string of the molecule is CNCCN1CCCN(c2ccc(F)cc2)S1(=O)=O. The molecule has 1 saturated heterocycles. The molecule has 0 saturated carbocycles. The van der Waals surface area contributed by atoms with Crippen LogP contribution in [-0.2, 0) is 10.2 Å². The maximum Gasteiger partial charge on any atom is 0.304 e. The minimum Gasteiger partial charge on any atom is -0.318 e. The second kappa shape index (κ2) is 5.85. The van der Waals surface area contributed by atoms with Crippen molar-refractivity contribution in [2.24, 2.45) is 0 Å². The molecule has 1 aliphatic heterocycles. The fourth-order valence-electron chi connectivity index (χ4n) is 2.09. The van der Waals surface area contributed by atoms with E-state index in [1.807, 2.05) is 0 Å². The van der Waals surface area contributed by atoms with Gasteiger partial charge in [0.2, 0.25) is 0 Å². The Morgan fingerprint density at radius 2 is 1.95 bits per heavy atom. The smallest absolute Gasteiger partial charge is 0.304 e. The lowest BCUT2D eigenvalue weighted by Gasteiger charge is -2.35. The third-order valence-corrected chi connectivity index (χ3v) is 5.07. The molecule has 0 bridgehead atoms. The lowest BCUT2D eigenvalue weighted by Crippen LogP contribution is -2.51. The Kier molecular flexibility index (Phi) is 4.38. The summed E-state index contributed by atoms with van der Waals surface area (Å²) in [6.45, 7) is 2.01. The number of hydrogen-bond donors (Lipinski definition) is 1. The summed E-state index contributed by atoms with van der Waals surface area (Å²) in [5.74, 6) is -0.370. The van der Waals surface area contributed by atoms with Crippen molar-refractivity contribution >= 4 is 15.9 Å². The number of anilines is 1. The predicted octanol–water partition coefficient (Wildman–Crippen LogP) is 0.802. The van der Waals surface area contributed by atoms with E-state index in [-0.39, 0.29) is 5.82 Å². The summed E-state index contributed by atoms with van der Waals surface area (Å²) >= 11 is 0. The Labute approximate surface area is 113 Å². The van der Waals surface area contributed by atoms with Gasteiger partial charge in [0.25, 0.3) is 0 Å². The fraction of sp³-hybridized carbons (Fsp3) is 0.500. The molecule has 0 atom stereocenters. The highest BCUT2D eigenvalue weighted by Crippen LogP contribution is 2.24. The van der Waals surface area contributed by atoms with Crippen LogP contribution >= 0.6 is 0 Å². The summed E-state index contributed by atoms with van der Waals surface area (Å²) in [6, 6.07) is 5.54. The molecular formula is C12H18FN3O2S. The first-order valence-electron chi connectivity index (χ1n) is 6.23. The molecule has 0 aliphatic carbocycles. The topological polar surface area (TPSA) is 52.6 Å². The molecule has 0 radical (unpaired) electrons. The van der Waals surface area contributed by atoms with Crippen molar-refractivity contribution in [3.8, 4) is 0 Å². The maximum atomic E-state index is 12.9. The zero-order chi connectivity index (χ0) is 13.9. The molecule has 19 heavy (non-hydrogen) atoms. The third-order valence-electron chi connectivity index (χ3n) is 3.10. The van der Waals surface area contributed by atoms with Gasteiger partial charge in [-0.05, 0) is 37.7 Å². The zero-order valence-corrected chi connectivity index (χ0v) is 11.7. The van der Waals surface area contributed by atoms with Crippen LogP contribution in [-0.4, -0.2) is 45.9 Å². The quantitative estimate of drug-likeness (QED) is 0.891. The van der Waals surface area contributed by atoms with Gasteiger partial charge in [0.15, 0.2) is 0 Å². The van der Waals surface area contributed by atoms with Crippen molar-refractivity contribution in [3.63, 3.8) is 0 Å². The summed E-state index contributed by atoms with van der Waals surface area (Å²) in [5, 5.41) is 2.94. The lowest BCUT2D eigenvalue weighted by atomic mass is 10.3. The summed E-state index contributed by atoms with van der Waals surface area (Å²) in [4.78, 5) is 0. The van der Waals surface area contributed by atoms with Crippen LogP contribution in [0.15, 0.2) is 24.3 Å². The number of hydrogen-bond acceptors (Lipinski definition) is 3. The molecule has 106 valence electrons. The summed E-state index contributed by atoms with van der Waals surface area (Å²) in [7, 11) is -1.71. The Morgan fingerprint density at radius 3 is 2.58 bits per heavy atom. The molecule has 1 aromatic rings. The molecule has 1 N–H and O–H groups in total. The van der Waals surface area contributed by atoms with E-state index < -0.39 is 10.2 Å². The van der Waals surface area contributed by atoms with Gasteiger partial charge < -0.3 is 5.32 Å². The predicted molar refractivity (Wildman–Crippen MR) is 72.8 cm³/mol. The molecule has 7 heteroatoms. The minimum atomic E-state index is -3.50. The van der Waals surface area contributed by atoms with Crippen molar-refractivity contribution in [2.75, 3.05) is 37.5 Å². The van der Waals surface area contributed by atoms with Crippen molar-refractivity contribution < 1.29 is 12.8 Å². The molecule has 1 fully saturated rings. The minimum absolute atomic E-state index is 0.370. The number of nitrogens with zero attached hydrogens (tertiary/aromatic N) is 2. The van der Waals surface area contributed by atoms with Crippen LogP contribution in [0.5, 0.6) is 0 Å². The van der Waals surface area contributed by atoms with Crippen LogP contribution in [0.3, 0.4) is 0 Å². The number of halogens is 1. The normalized spacial score (nSPS) is 19.6. The van der Waals surface area contributed by atoms with E-state index in [0.717, 1.165) is 6.42 Å². The summed E-state index contributed by atoms with van der Waals surface area (Å²) in [5.41, 5.74) is 0.510. The largest absolute Gasteiger partial charge is 0.318 e. The van der Waals surface area contributed by atoms with E-state index >= 15 is 0 Å². The van der Waals surface area contributed by atoms with Crippen LogP contribution in [0.4, 0.5) is 10.1 Å². The van der Waals surface area contributed by atoms with Crippen LogP contribution in [0, 0.1) is 5.82 Å². The fourth-order valence-corrected chi connectivity index (χ4v) is 3.80. The number of benzene rings is 1. The van der Waals surface area contributed by atoms with Gasteiger partial charge >= 0.3 is 10.2 Å². The third kappa shape index (κ3) is 3.05. The van der Waals surface area contributed by atoms with E-state index in [0.29, 0.717) is 31.9 Å². The number of rotatable bonds is 4. The van der Waals surface area contributed by atoms with Crippen molar-refractivity contribution in [2.45, 2.75) is 6.42 Å². The molecule has 1 aliphatic rings. The van der Waals surface area contributed by atoms with Gasteiger partial charge in [-0.25, -0.2) is 4.39 Å². The molecule has 0 unspecified atom stereocenters. The molecule has 2 rings (SSSR count). The average molecular weight is 287 g/mol. The van der Waals surface area contributed by atoms with Crippen molar-refractivity contribution in [1.82, 2.24) is 9.62 Å². The second-order valence-electron chi connectivity index (χ2n) is 4.41. The Morgan fingerprint density at radius 1 is 1.26 bits per heavy atom. The van der Waals surface area contributed by atoms with Crippen LogP contribution in [0.2, 0.25) is 0 Å². The highest BCUT2D eigenvalue weighted by atomic mass is 32.2. The van der Waals surface area contributed by atoms with Crippen molar-refractivity contribution in [1.29, 1.82) is 0 Å². The Hall–Kier alpha value is -1.18. The highest BCUT2D eigenvalue weighted by molar-refractivity contribution is 7.90. The Bertz CT molecular complexity index is 518. The second-order valence-corrected chi connectivity index (χ2v) is 6.27. The summed E-state index contributed by atoms with van der Waals surface area (Å²) in [6.07, 6.45) is 0.764. The number of likely N-dealkylation sites (N-methyl/N-ethyl adjacent to an activating group) is 1. The maximum absolute atomic E-state index is 12.9. The van der Waals surface area contributed by atoms with Gasteiger partial charge in [0.05, 0.1) is 5.69 Å². The van der Waals surface area contributed by atoms with Gasteiger partial charge in [-0.15, -0.1) is 0 Å². The van der Waals surface area contributed by atoms with Gasteiger partial charge in [0.1, 0.15) is 5.82 Å². The molecule has 0 spiro atoms. The van der Waals surface area contributed by atoms with E-state index in [4.69, 9.17) is 0 Å². The first-order chi connectivity index (χ1) is 9.05. The first kappa shape index (κ1) is 14.2. The Balaban J connectivity index is 2.23. The lowest BCUT2D eigenvalue weighted by molar-refractivity contribution is 0.385. The van der Waals surface area contributed by atoms with E-state index in [2.05, 4.69) is 5.32 Å². The molecular weight excluding hydrogens is 269 g/mol. The van der Waals surface area contributed by atoms with Crippen LogP contribution < -0.4 is 9.62 Å². The number of nitrogens with one attached hydrogen (secondary N) is 1. The van der Waals surface area contributed by atoms with Gasteiger partial charge in [-0.2, -0.15) is 12.7 Å². The highest BCUT2D eigenvalue weighted by Gasteiger charge is 2.33.